The van der Waals surface area contributed by atoms with Crippen LogP contribution in [0.25, 0.3) is 0 Å². The Bertz CT molecular complexity index is 874. The molecule has 4 nitrogen and oxygen atoms in total. The number of sulfonamides is 1. The number of fused-ring (bicyclic) bond motifs is 2. The van der Waals surface area contributed by atoms with Crippen LogP contribution in [0.2, 0.25) is 5.02 Å². The van der Waals surface area contributed by atoms with E-state index in [1.807, 2.05) is 18.2 Å². The van der Waals surface area contributed by atoms with Gasteiger partial charge in [0.05, 0.1) is 5.75 Å². The first-order chi connectivity index (χ1) is 13.0. The molecule has 1 N–H and O–H groups in total. The molecule has 4 rings (SSSR count). The summed E-state index contributed by atoms with van der Waals surface area (Å²) in [6.45, 7) is 0.954. The Hall–Kier alpha value is -1.40. The molecular weight excluding hydrogens is 380 g/mol. The molecule has 2 aromatic rings. The lowest BCUT2D eigenvalue weighted by Crippen LogP contribution is -2.50. The van der Waals surface area contributed by atoms with Crippen molar-refractivity contribution in [1.29, 1.82) is 0 Å². The largest absolute Gasteiger partial charge is 0.293 e. The minimum Gasteiger partial charge on any atom is -0.293 e. The fourth-order valence-electron chi connectivity index (χ4n) is 4.54. The van der Waals surface area contributed by atoms with Crippen molar-refractivity contribution < 1.29 is 8.42 Å². The van der Waals surface area contributed by atoms with E-state index in [1.54, 1.807) is 12.1 Å². The van der Waals surface area contributed by atoms with Crippen molar-refractivity contribution in [3.05, 3.63) is 70.7 Å². The third-order valence-corrected chi connectivity index (χ3v) is 7.49. The lowest BCUT2D eigenvalue weighted by Gasteiger charge is -2.39. The van der Waals surface area contributed by atoms with E-state index in [1.165, 1.54) is 5.56 Å². The van der Waals surface area contributed by atoms with Crippen LogP contribution in [0, 0.1) is 0 Å². The minimum atomic E-state index is -3.41. The van der Waals surface area contributed by atoms with E-state index < -0.39 is 10.0 Å². The van der Waals surface area contributed by atoms with Gasteiger partial charge in [-0.15, -0.1) is 0 Å². The second-order valence-electron chi connectivity index (χ2n) is 7.68. The molecule has 2 unspecified atom stereocenters. The standard InChI is InChI=1S/C21H25ClN2O2S/c22-21-9-5-4-8-17(21)15-27(25,26)23-18-12-19-10-11-20(13-18)24(19)14-16-6-2-1-3-7-16/h1-9,18-20,23H,10-15H2. The number of benzene rings is 2. The van der Waals surface area contributed by atoms with Crippen LogP contribution in [-0.2, 0) is 22.3 Å². The third kappa shape index (κ3) is 4.54. The maximum Gasteiger partial charge on any atom is 0.216 e. The van der Waals surface area contributed by atoms with E-state index in [9.17, 15) is 8.42 Å². The average molecular weight is 405 g/mol. The molecule has 2 aliphatic rings. The monoisotopic (exact) mass is 404 g/mol. The molecule has 2 aromatic carbocycles. The maximum atomic E-state index is 12.6. The van der Waals surface area contributed by atoms with Crippen molar-refractivity contribution in [2.45, 2.75) is 56.1 Å². The van der Waals surface area contributed by atoms with Crippen LogP contribution >= 0.6 is 11.6 Å². The van der Waals surface area contributed by atoms with Gasteiger partial charge >= 0.3 is 0 Å². The first kappa shape index (κ1) is 18.9. The van der Waals surface area contributed by atoms with Crippen LogP contribution in [0.5, 0.6) is 0 Å². The Kier molecular flexibility index (Phi) is 5.55. The van der Waals surface area contributed by atoms with Gasteiger partial charge in [0, 0.05) is 29.7 Å². The number of nitrogens with zero attached hydrogens (tertiary/aromatic N) is 1. The Morgan fingerprint density at radius 1 is 0.963 bits per heavy atom. The van der Waals surface area contributed by atoms with E-state index >= 15 is 0 Å². The van der Waals surface area contributed by atoms with Gasteiger partial charge in [0.2, 0.25) is 10.0 Å². The Morgan fingerprint density at radius 2 is 1.59 bits per heavy atom. The number of halogens is 1. The van der Waals surface area contributed by atoms with E-state index in [-0.39, 0.29) is 11.8 Å². The number of hydrogen-bond acceptors (Lipinski definition) is 3. The summed E-state index contributed by atoms with van der Waals surface area (Å²) in [6, 6.07) is 18.6. The van der Waals surface area contributed by atoms with Crippen LogP contribution in [0.3, 0.4) is 0 Å². The Labute approximate surface area is 166 Å². The Balaban J connectivity index is 1.39. The lowest BCUT2D eigenvalue weighted by molar-refractivity contribution is 0.115. The second kappa shape index (κ2) is 7.92. The van der Waals surface area contributed by atoms with Crippen molar-refractivity contribution in [2.24, 2.45) is 0 Å². The Morgan fingerprint density at radius 3 is 2.26 bits per heavy atom. The van der Waals surface area contributed by atoms with E-state index in [0.717, 1.165) is 32.2 Å². The molecule has 0 saturated carbocycles. The van der Waals surface area contributed by atoms with Crippen LogP contribution < -0.4 is 4.72 Å². The highest BCUT2D eigenvalue weighted by Gasteiger charge is 2.41. The van der Waals surface area contributed by atoms with E-state index in [0.29, 0.717) is 22.7 Å². The fourth-order valence-corrected chi connectivity index (χ4v) is 6.27. The van der Waals surface area contributed by atoms with Crippen molar-refractivity contribution >= 4 is 21.6 Å². The SMILES string of the molecule is O=S(=O)(Cc1ccccc1Cl)NC1CC2CCC(C1)N2Cc1ccccc1. The zero-order chi connectivity index (χ0) is 18.9. The highest BCUT2D eigenvalue weighted by Crippen LogP contribution is 2.37. The number of nitrogens with one attached hydrogen (secondary N) is 1. The number of piperidine rings is 1. The molecule has 6 heteroatoms. The molecule has 2 fully saturated rings. The molecule has 2 heterocycles. The zero-order valence-electron chi connectivity index (χ0n) is 15.2. The maximum absolute atomic E-state index is 12.6. The summed E-state index contributed by atoms with van der Waals surface area (Å²) < 4.78 is 28.2. The normalized spacial score (nSPS) is 25.6. The van der Waals surface area contributed by atoms with Gasteiger partial charge in [-0.3, -0.25) is 4.90 Å². The molecule has 144 valence electrons. The molecule has 2 atom stereocenters. The predicted octanol–water partition coefficient (Wildman–Crippen LogP) is 3.96. The first-order valence-electron chi connectivity index (χ1n) is 9.53. The molecule has 27 heavy (non-hydrogen) atoms. The minimum absolute atomic E-state index is 0.0158. The molecule has 0 amide bonds. The fraction of sp³-hybridized carbons (Fsp3) is 0.429. The quantitative estimate of drug-likeness (QED) is 0.792. The topological polar surface area (TPSA) is 49.4 Å². The van der Waals surface area contributed by atoms with Gasteiger partial charge in [-0.25, -0.2) is 13.1 Å². The second-order valence-corrected chi connectivity index (χ2v) is 9.84. The van der Waals surface area contributed by atoms with Crippen molar-refractivity contribution in [2.75, 3.05) is 0 Å². The molecule has 0 spiro atoms. The highest BCUT2D eigenvalue weighted by molar-refractivity contribution is 7.88. The zero-order valence-corrected chi connectivity index (χ0v) is 16.8. The van der Waals surface area contributed by atoms with Gasteiger partial charge < -0.3 is 0 Å². The van der Waals surface area contributed by atoms with Crippen molar-refractivity contribution in [3.8, 4) is 0 Å². The molecular formula is C21H25ClN2O2S. The number of rotatable bonds is 6. The molecule has 0 radical (unpaired) electrons. The van der Waals surface area contributed by atoms with Gasteiger partial charge in [-0.1, -0.05) is 60.1 Å². The smallest absolute Gasteiger partial charge is 0.216 e. The van der Waals surface area contributed by atoms with Crippen molar-refractivity contribution in [3.63, 3.8) is 0 Å². The van der Waals surface area contributed by atoms with Gasteiger partial charge in [0.1, 0.15) is 0 Å². The summed E-state index contributed by atoms with van der Waals surface area (Å²) in [7, 11) is -3.41. The summed E-state index contributed by atoms with van der Waals surface area (Å²) >= 11 is 6.13. The van der Waals surface area contributed by atoms with Crippen LogP contribution in [-0.4, -0.2) is 31.4 Å². The van der Waals surface area contributed by atoms with Crippen LogP contribution in [0.15, 0.2) is 54.6 Å². The van der Waals surface area contributed by atoms with Crippen LogP contribution in [0.4, 0.5) is 0 Å². The molecule has 2 saturated heterocycles. The number of hydrogen-bond donors (Lipinski definition) is 1. The summed E-state index contributed by atoms with van der Waals surface area (Å²) in [5.41, 5.74) is 1.98. The summed E-state index contributed by atoms with van der Waals surface area (Å²) in [5, 5.41) is 0.501. The van der Waals surface area contributed by atoms with Gasteiger partial charge in [-0.2, -0.15) is 0 Å². The summed E-state index contributed by atoms with van der Waals surface area (Å²) in [4.78, 5) is 2.56. The van der Waals surface area contributed by atoms with E-state index in [4.69, 9.17) is 11.6 Å². The predicted molar refractivity (Wildman–Crippen MR) is 109 cm³/mol. The third-order valence-electron chi connectivity index (χ3n) is 5.74. The molecule has 0 aromatic heterocycles. The highest BCUT2D eigenvalue weighted by atomic mass is 35.5. The van der Waals surface area contributed by atoms with E-state index in [2.05, 4.69) is 33.9 Å². The van der Waals surface area contributed by atoms with Gasteiger partial charge in [0.25, 0.3) is 0 Å². The first-order valence-corrected chi connectivity index (χ1v) is 11.6. The van der Waals surface area contributed by atoms with Crippen LogP contribution in [0.1, 0.15) is 36.8 Å². The van der Waals surface area contributed by atoms with Gasteiger partial charge in [-0.05, 0) is 42.9 Å². The molecule has 2 bridgehead atoms. The lowest BCUT2D eigenvalue weighted by atomic mass is 9.97. The van der Waals surface area contributed by atoms with Crippen molar-refractivity contribution in [1.82, 2.24) is 9.62 Å². The van der Waals surface area contributed by atoms with Gasteiger partial charge in [0.15, 0.2) is 0 Å². The molecule has 2 aliphatic heterocycles. The summed E-state index contributed by atoms with van der Waals surface area (Å²) in [6.07, 6.45) is 4.07. The summed E-state index contributed by atoms with van der Waals surface area (Å²) in [5.74, 6) is -0.0633. The molecule has 0 aliphatic carbocycles. The average Bonchev–Trinajstić information content (AvgIpc) is 2.87.